The zero-order chi connectivity index (χ0) is 12.5. The van der Waals surface area contributed by atoms with Crippen LogP contribution in [0.1, 0.15) is 12.6 Å². The molecule has 5 heteroatoms. The van der Waals surface area contributed by atoms with Gasteiger partial charge in [-0.25, -0.2) is 4.52 Å². The van der Waals surface area contributed by atoms with Crippen LogP contribution in [0.5, 0.6) is 5.75 Å². The van der Waals surface area contributed by atoms with Gasteiger partial charge in [0.1, 0.15) is 5.75 Å². The number of nitrogens with one attached hydrogen (secondary N) is 1. The fourth-order valence-electron chi connectivity index (χ4n) is 2.02. The van der Waals surface area contributed by atoms with Crippen molar-refractivity contribution >= 4 is 5.65 Å². The molecule has 0 spiro atoms. The third kappa shape index (κ3) is 1.55. The second-order valence-corrected chi connectivity index (χ2v) is 4.05. The van der Waals surface area contributed by atoms with Gasteiger partial charge < -0.3 is 4.74 Å². The van der Waals surface area contributed by atoms with Gasteiger partial charge in [-0.3, -0.25) is 5.10 Å². The van der Waals surface area contributed by atoms with E-state index in [1.165, 1.54) is 0 Å². The van der Waals surface area contributed by atoms with Crippen molar-refractivity contribution in [3.8, 4) is 17.1 Å². The number of ether oxygens (including phenoxy) is 1. The van der Waals surface area contributed by atoms with Crippen LogP contribution in [0.15, 0.2) is 30.3 Å². The molecule has 0 aliphatic heterocycles. The number of hydrogen-bond acceptors (Lipinski definition) is 3. The molecule has 92 valence electrons. The van der Waals surface area contributed by atoms with Gasteiger partial charge in [-0.2, -0.15) is 0 Å². The van der Waals surface area contributed by atoms with E-state index >= 15 is 0 Å². The Morgan fingerprint density at radius 3 is 2.89 bits per heavy atom. The Morgan fingerprint density at radius 2 is 2.11 bits per heavy atom. The molecule has 0 aliphatic rings. The van der Waals surface area contributed by atoms with Crippen molar-refractivity contribution in [2.45, 2.75) is 13.3 Å². The lowest BCUT2D eigenvalue weighted by Crippen LogP contribution is -1.94. The number of aryl methyl sites for hydroxylation is 1. The Labute approximate surface area is 104 Å². The summed E-state index contributed by atoms with van der Waals surface area (Å²) in [4.78, 5) is 0. The molecule has 0 bridgehead atoms. The molecule has 5 nitrogen and oxygen atoms in total. The Morgan fingerprint density at radius 1 is 1.28 bits per heavy atom. The molecule has 0 fully saturated rings. The van der Waals surface area contributed by atoms with E-state index in [-0.39, 0.29) is 0 Å². The summed E-state index contributed by atoms with van der Waals surface area (Å²) in [5.41, 5.74) is 2.89. The Bertz CT molecular complexity index is 683. The molecule has 0 unspecified atom stereocenters. The zero-order valence-corrected chi connectivity index (χ0v) is 10.3. The maximum Gasteiger partial charge on any atom is 0.187 e. The standard InChI is InChI=1S/C13H14N4O/c1-3-9-8-12-14-15-13(17(12)16-9)10-6-4-5-7-11(10)18-2/h4-8,16H,3H2,1-2H3. The van der Waals surface area contributed by atoms with Gasteiger partial charge >= 0.3 is 0 Å². The van der Waals surface area contributed by atoms with Crippen molar-refractivity contribution in [1.29, 1.82) is 0 Å². The molecule has 3 aromatic rings. The van der Waals surface area contributed by atoms with Crippen LogP contribution in [0.2, 0.25) is 0 Å². The lowest BCUT2D eigenvalue weighted by Gasteiger charge is -2.05. The van der Waals surface area contributed by atoms with Crippen molar-refractivity contribution in [3.05, 3.63) is 36.0 Å². The fraction of sp³-hybridized carbons (Fsp3) is 0.231. The van der Waals surface area contributed by atoms with Gasteiger partial charge in [-0.1, -0.05) is 19.1 Å². The summed E-state index contributed by atoms with van der Waals surface area (Å²) < 4.78 is 7.24. The van der Waals surface area contributed by atoms with Gasteiger partial charge in [-0.15, -0.1) is 10.2 Å². The fourth-order valence-corrected chi connectivity index (χ4v) is 2.02. The van der Waals surface area contributed by atoms with Crippen LogP contribution in [-0.4, -0.2) is 26.9 Å². The largest absolute Gasteiger partial charge is 0.496 e. The molecular weight excluding hydrogens is 228 g/mol. The summed E-state index contributed by atoms with van der Waals surface area (Å²) in [6.45, 7) is 2.10. The molecule has 0 saturated heterocycles. The molecule has 0 aliphatic carbocycles. The highest BCUT2D eigenvalue weighted by Gasteiger charge is 2.13. The van der Waals surface area contributed by atoms with Gasteiger partial charge in [0.2, 0.25) is 0 Å². The Hall–Kier alpha value is -2.30. The highest BCUT2D eigenvalue weighted by molar-refractivity contribution is 5.66. The van der Waals surface area contributed by atoms with Crippen molar-refractivity contribution in [2.24, 2.45) is 0 Å². The van der Waals surface area contributed by atoms with Crippen LogP contribution in [0, 0.1) is 0 Å². The first kappa shape index (κ1) is 10.8. The summed E-state index contributed by atoms with van der Waals surface area (Å²) in [5, 5.41) is 11.7. The number of hydrogen-bond donors (Lipinski definition) is 1. The average molecular weight is 242 g/mol. The third-order valence-electron chi connectivity index (χ3n) is 2.98. The van der Waals surface area contributed by atoms with Crippen LogP contribution in [0.4, 0.5) is 0 Å². The topological polar surface area (TPSA) is 55.2 Å². The van der Waals surface area contributed by atoms with Gasteiger partial charge in [0.25, 0.3) is 0 Å². The molecule has 2 heterocycles. The summed E-state index contributed by atoms with van der Waals surface area (Å²) in [5.74, 6) is 1.56. The number of aromatic amines is 1. The Balaban J connectivity index is 2.21. The number of benzene rings is 1. The minimum atomic E-state index is 0.766. The van der Waals surface area contributed by atoms with E-state index < -0.39 is 0 Å². The van der Waals surface area contributed by atoms with E-state index in [1.807, 2.05) is 34.8 Å². The molecule has 3 rings (SSSR count). The highest BCUT2D eigenvalue weighted by Crippen LogP contribution is 2.28. The van der Waals surface area contributed by atoms with E-state index in [4.69, 9.17) is 4.74 Å². The number of para-hydroxylation sites is 1. The van der Waals surface area contributed by atoms with Crippen LogP contribution < -0.4 is 4.74 Å². The van der Waals surface area contributed by atoms with Crippen LogP contribution in [0.25, 0.3) is 17.0 Å². The normalized spacial score (nSPS) is 11.0. The molecule has 1 aromatic carbocycles. The molecular formula is C13H14N4O. The van der Waals surface area contributed by atoms with Gasteiger partial charge in [0, 0.05) is 11.8 Å². The summed E-state index contributed by atoms with van der Waals surface area (Å²) in [7, 11) is 1.66. The van der Waals surface area contributed by atoms with Gasteiger partial charge in [0.05, 0.1) is 12.7 Å². The summed E-state index contributed by atoms with van der Waals surface area (Å²) in [6.07, 6.45) is 0.939. The lowest BCUT2D eigenvalue weighted by atomic mass is 10.2. The van der Waals surface area contributed by atoms with E-state index in [2.05, 4.69) is 22.2 Å². The first-order valence-corrected chi connectivity index (χ1v) is 5.90. The smallest absolute Gasteiger partial charge is 0.187 e. The van der Waals surface area contributed by atoms with E-state index in [9.17, 15) is 0 Å². The lowest BCUT2D eigenvalue weighted by molar-refractivity contribution is 0.416. The molecule has 2 aromatic heterocycles. The maximum absolute atomic E-state index is 5.36. The number of aromatic nitrogens is 4. The number of H-pyrrole nitrogens is 1. The second kappa shape index (κ2) is 4.18. The maximum atomic E-state index is 5.36. The summed E-state index contributed by atoms with van der Waals surface area (Å²) in [6, 6.07) is 9.79. The molecule has 0 atom stereocenters. The predicted octanol–water partition coefficient (Wildman–Crippen LogP) is 2.30. The third-order valence-corrected chi connectivity index (χ3v) is 2.98. The minimum absolute atomic E-state index is 0.766. The van der Waals surface area contributed by atoms with Crippen molar-refractivity contribution in [3.63, 3.8) is 0 Å². The number of rotatable bonds is 3. The number of fused-ring (bicyclic) bond motifs is 1. The predicted molar refractivity (Wildman–Crippen MR) is 68.7 cm³/mol. The van der Waals surface area contributed by atoms with E-state index in [1.54, 1.807) is 7.11 Å². The molecule has 18 heavy (non-hydrogen) atoms. The molecule has 0 radical (unpaired) electrons. The first-order valence-electron chi connectivity index (χ1n) is 5.90. The van der Waals surface area contributed by atoms with Gasteiger partial charge in [0.15, 0.2) is 11.5 Å². The molecule has 0 amide bonds. The highest BCUT2D eigenvalue weighted by atomic mass is 16.5. The van der Waals surface area contributed by atoms with Crippen LogP contribution in [-0.2, 0) is 6.42 Å². The van der Waals surface area contributed by atoms with Crippen molar-refractivity contribution in [2.75, 3.05) is 7.11 Å². The van der Waals surface area contributed by atoms with Crippen LogP contribution in [0.3, 0.4) is 0 Å². The summed E-state index contributed by atoms with van der Waals surface area (Å²) >= 11 is 0. The Kier molecular flexibility index (Phi) is 2.51. The average Bonchev–Trinajstić information content (AvgIpc) is 2.98. The van der Waals surface area contributed by atoms with Crippen LogP contribution >= 0.6 is 0 Å². The van der Waals surface area contributed by atoms with Gasteiger partial charge in [-0.05, 0) is 18.6 Å². The monoisotopic (exact) mass is 242 g/mol. The first-order chi connectivity index (χ1) is 8.83. The number of methoxy groups -OCH3 is 1. The van der Waals surface area contributed by atoms with Crippen molar-refractivity contribution < 1.29 is 4.74 Å². The quantitative estimate of drug-likeness (QED) is 0.766. The minimum Gasteiger partial charge on any atom is -0.496 e. The van der Waals surface area contributed by atoms with Crippen molar-refractivity contribution in [1.82, 2.24) is 19.8 Å². The van der Waals surface area contributed by atoms with E-state index in [0.29, 0.717) is 0 Å². The number of nitrogens with zero attached hydrogens (tertiary/aromatic N) is 3. The van der Waals surface area contributed by atoms with E-state index in [0.717, 1.165) is 34.9 Å². The second-order valence-electron chi connectivity index (χ2n) is 4.05. The molecule has 0 saturated carbocycles. The SMILES string of the molecule is CCc1cc2nnc(-c3ccccc3OC)n2[nH]1. The molecule has 1 N–H and O–H groups in total. The zero-order valence-electron chi connectivity index (χ0n) is 10.3.